The lowest BCUT2D eigenvalue weighted by molar-refractivity contribution is -0.124. The van der Waals surface area contributed by atoms with E-state index in [2.05, 4.69) is 10.0 Å². The number of ether oxygens (including phenoxy) is 3. The summed E-state index contributed by atoms with van der Waals surface area (Å²) in [6.07, 6.45) is 0. The molecule has 0 unspecified atom stereocenters. The normalized spacial score (nSPS) is 16.2. The minimum absolute atomic E-state index is 0.0186. The number of hydrogen-bond acceptors (Lipinski definition) is 6. The third kappa shape index (κ3) is 5.09. The molecule has 1 aromatic rings. The second-order valence-electron chi connectivity index (χ2n) is 6.51. The van der Waals surface area contributed by atoms with Gasteiger partial charge in [-0.25, -0.2) is 8.42 Å². The van der Waals surface area contributed by atoms with E-state index in [1.807, 2.05) is 0 Å². The highest BCUT2D eigenvalue weighted by Gasteiger charge is 2.30. The first-order valence-corrected chi connectivity index (χ1v) is 9.94. The summed E-state index contributed by atoms with van der Waals surface area (Å²) in [6, 6.07) is 3.24. The van der Waals surface area contributed by atoms with Gasteiger partial charge in [0, 0.05) is 19.2 Å². The Hall–Kier alpha value is -1.84. The van der Waals surface area contributed by atoms with Gasteiger partial charge in [0.05, 0.1) is 11.5 Å². The zero-order valence-electron chi connectivity index (χ0n) is 15.4. The molecule has 8 nitrogen and oxygen atoms in total. The molecule has 0 aromatic heterocycles. The standard InChI is InChI=1S/C17H26N2O6S/c1-11(2)16(17(20)18-12(3)10-23-4)19-26(21,22)13-5-6-14-15(9-13)25-8-7-24-14/h5-6,9,11-12,16,19H,7-8,10H2,1-4H3,(H,18,20)/t12-,16+/m1/s1. The number of amides is 1. The van der Waals surface area contributed by atoms with Crippen molar-refractivity contribution in [2.45, 2.75) is 37.8 Å². The molecule has 1 aliphatic rings. The molecule has 2 atom stereocenters. The van der Waals surface area contributed by atoms with Crippen LogP contribution >= 0.6 is 0 Å². The van der Waals surface area contributed by atoms with Crippen LogP contribution < -0.4 is 19.5 Å². The number of carbonyl (C=O) groups is 1. The summed E-state index contributed by atoms with van der Waals surface area (Å²) in [7, 11) is -2.37. The fraction of sp³-hybridized carbons (Fsp3) is 0.588. The number of fused-ring (bicyclic) bond motifs is 1. The second-order valence-corrected chi connectivity index (χ2v) is 8.23. The maximum Gasteiger partial charge on any atom is 0.241 e. The summed E-state index contributed by atoms with van der Waals surface area (Å²) in [6.45, 7) is 6.46. The van der Waals surface area contributed by atoms with Crippen molar-refractivity contribution in [3.8, 4) is 11.5 Å². The van der Waals surface area contributed by atoms with Gasteiger partial charge in [-0.15, -0.1) is 0 Å². The molecule has 146 valence electrons. The Morgan fingerprint density at radius 1 is 1.19 bits per heavy atom. The van der Waals surface area contributed by atoms with Gasteiger partial charge >= 0.3 is 0 Å². The van der Waals surface area contributed by atoms with E-state index >= 15 is 0 Å². The number of nitrogens with one attached hydrogen (secondary N) is 2. The number of rotatable bonds is 8. The van der Waals surface area contributed by atoms with Gasteiger partial charge < -0.3 is 19.5 Å². The van der Waals surface area contributed by atoms with Gasteiger partial charge in [0.2, 0.25) is 15.9 Å². The Balaban J connectivity index is 2.17. The first kappa shape index (κ1) is 20.5. The van der Waals surface area contributed by atoms with E-state index in [1.54, 1.807) is 26.8 Å². The van der Waals surface area contributed by atoms with Crippen LogP contribution in [-0.2, 0) is 19.6 Å². The SMILES string of the molecule is COC[C@@H](C)NC(=O)[C@@H](NS(=O)(=O)c1ccc2c(c1)OCCO2)C(C)C. The minimum atomic E-state index is -3.91. The molecule has 0 bridgehead atoms. The Morgan fingerprint density at radius 2 is 1.85 bits per heavy atom. The van der Waals surface area contributed by atoms with Gasteiger partial charge in [0.1, 0.15) is 19.3 Å². The second kappa shape index (κ2) is 8.70. The third-order valence-electron chi connectivity index (χ3n) is 3.86. The first-order chi connectivity index (χ1) is 12.2. The van der Waals surface area contributed by atoms with Gasteiger partial charge in [0.15, 0.2) is 11.5 Å². The summed E-state index contributed by atoms with van der Waals surface area (Å²) >= 11 is 0. The number of hydrogen-bond donors (Lipinski definition) is 2. The van der Waals surface area contributed by atoms with Crippen LogP contribution in [-0.4, -0.2) is 53.3 Å². The van der Waals surface area contributed by atoms with E-state index in [-0.39, 0.29) is 16.9 Å². The van der Waals surface area contributed by atoms with Gasteiger partial charge in [-0.2, -0.15) is 4.72 Å². The summed E-state index contributed by atoms with van der Waals surface area (Å²) in [4.78, 5) is 12.5. The van der Waals surface area contributed by atoms with Crippen LogP contribution in [0.1, 0.15) is 20.8 Å². The summed E-state index contributed by atoms with van der Waals surface area (Å²) in [5.41, 5.74) is 0. The lowest BCUT2D eigenvalue weighted by atomic mass is 10.0. The first-order valence-electron chi connectivity index (χ1n) is 8.46. The molecule has 0 spiro atoms. The van der Waals surface area contributed by atoms with E-state index in [0.29, 0.717) is 31.3 Å². The molecule has 0 saturated carbocycles. The fourth-order valence-electron chi connectivity index (χ4n) is 2.54. The van der Waals surface area contributed by atoms with Crippen LogP contribution in [0.25, 0.3) is 0 Å². The lowest BCUT2D eigenvalue weighted by Crippen LogP contribution is -2.52. The van der Waals surface area contributed by atoms with E-state index in [0.717, 1.165) is 0 Å². The van der Waals surface area contributed by atoms with Crippen LogP contribution in [0.5, 0.6) is 11.5 Å². The van der Waals surface area contributed by atoms with Crippen molar-refractivity contribution >= 4 is 15.9 Å². The predicted octanol–water partition coefficient (Wildman–Crippen LogP) is 0.912. The zero-order chi connectivity index (χ0) is 19.3. The molecular weight excluding hydrogens is 360 g/mol. The average Bonchev–Trinajstić information content (AvgIpc) is 2.59. The Labute approximate surface area is 154 Å². The highest BCUT2D eigenvalue weighted by atomic mass is 32.2. The molecule has 1 aliphatic heterocycles. The zero-order valence-corrected chi connectivity index (χ0v) is 16.3. The number of methoxy groups -OCH3 is 1. The van der Waals surface area contributed by atoms with E-state index in [1.165, 1.54) is 19.2 Å². The average molecular weight is 386 g/mol. The molecule has 9 heteroatoms. The van der Waals surface area contributed by atoms with Crippen molar-refractivity contribution in [2.75, 3.05) is 26.9 Å². The maximum atomic E-state index is 12.7. The molecule has 0 saturated heterocycles. The molecular formula is C17H26N2O6S. The van der Waals surface area contributed by atoms with Crippen LogP contribution in [0.2, 0.25) is 0 Å². The summed E-state index contributed by atoms with van der Waals surface area (Å²) < 4.78 is 43.8. The van der Waals surface area contributed by atoms with Crippen LogP contribution in [0.3, 0.4) is 0 Å². The van der Waals surface area contributed by atoms with E-state index in [4.69, 9.17) is 14.2 Å². The maximum absolute atomic E-state index is 12.7. The molecule has 2 N–H and O–H groups in total. The lowest BCUT2D eigenvalue weighted by Gasteiger charge is -2.24. The topological polar surface area (TPSA) is 103 Å². The highest BCUT2D eigenvalue weighted by Crippen LogP contribution is 2.32. The summed E-state index contributed by atoms with van der Waals surface area (Å²) in [5, 5.41) is 2.75. The Bertz CT molecular complexity index is 735. The molecule has 0 radical (unpaired) electrons. The minimum Gasteiger partial charge on any atom is -0.486 e. The van der Waals surface area contributed by atoms with Crippen molar-refractivity contribution < 1.29 is 27.4 Å². The largest absolute Gasteiger partial charge is 0.486 e. The number of benzene rings is 1. The summed E-state index contributed by atoms with van der Waals surface area (Å²) in [5.74, 6) is 0.238. The van der Waals surface area contributed by atoms with Gasteiger partial charge in [-0.1, -0.05) is 13.8 Å². The van der Waals surface area contributed by atoms with Crippen molar-refractivity contribution in [1.82, 2.24) is 10.0 Å². The molecule has 1 amide bonds. The van der Waals surface area contributed by atoms with Crippen LogP contribution in [0.15, 0.2) is 23.1 Å². The third-order valence-corrected chi connectivity index (χ3v) is 5.30. The van der Waals surface area contributed by atoms with Gasteiger partial charge in [0.25, 0.3) is 0 Å². The van der Waals surface area contributed by atoms with Crippen molar-refractivity contribution in [2.24, 2.45) is 5.92 Å². The number of sulfonamides is 1. The van der Waals surface area contributed by atoms with Crippen LogP contribution in [0, 0.1) is 5.92 Å². The van der Waals surface area contributed by atoms with Crippen molar-refractivity contribution in [3.63, 3.8) is 0 Å². The van der Waals surface area contributed by atoms with Crippen molar-refractivity contribution in [1.29, 1.82) is 0 Å². The van der Waals surface area contributed by atoms with Gasteiger partial charge in [-0.3, -0.25) is 4.79 Å². The van der Waals surface area contributed by atoms with E-state index in [9.17, 15) is 13.2 Å². The number of carbonyl (C=O) groups excluding carboxylic acids is 1. The predicted molar refractivity (Wildman–Crippen MR) is 95.9 cm³/mol. The molecule has 26 heavy (non-hydrogen) atoms. The Kier molecular flexibility index (Phi) is 6.85. The van der Waals surface area contributed by atoms with E-state index < -0.39 is 22.0 Å². The monoisotopic (exact) mass is 386 g/mol. The molecule has 2 rings (SSSR count). The highest BCUT2D eigenvalue weighted by molar-refractivity contribution is 7.89. The van der Waals surface area contributed by atoms with Gasteiger partial charge in [-0.05, 0) is 25.0 Å². The van der Waals surface area contributed by atoms with Crippen molar-refractivity contribution in [3.05, 3.63) is 18.2 Å². The smallest absolute Gasteiger partial charge is 0.241 e. The Morgan fingerprint density at radius 3 is 2.46 bits per heavy atom. The molecule has 0 aliphatic carbocycles. The molecule has 1 heterocycles. The fourth-order valence-corrected chi connectivity index (χ4v) is 3.90. The molecule has 1 aromatic carbocycles. The quantitative estimate of drug-likeness (QED) is 0.688. The van der Waals surface area contributed by atoms with Crippen LogP contribution in [0.4, 0.5) is 0 Å². The molecule has 0 fully saturated rings.